The Morgan fingerprint density at radius 2 is 1.93 bits per heavy atom. The molecule has 1 heteroatoms. The van der Waals surface area contributed by atoms with E-state index < -0.39 is 0 Å². The molecule has 14 heavy (non-hydrogen) atoms. The van der Waals surface area contributed by atoms with Crippen molar-refractivity contribution in [2.75, 3.05) is 13.1 Å². The molecule has 1 aromatic carbocycles. The van der Waals surface area contributed by atoms with Crippen LogP contribution >= 0.6 is 0 Å². The van der Waals surface area contributed by atoms with Crippen molar-refractivity contribution in [3.05, 3.63) is 53.6 Å². The molecule has 0 fully saturated rings. The molecule has 0 atom stereocenters. The molecule has 1 aliphatic rings. The van der Waals surface area contributed by atoms with Crippen molar-refractivity contribution >= 4 is 6.08 Å². The van der Waals surface area contributed by atoms with Crippen molar-refractivity contribution < 1.29 is 0 Å². The average Bonchev–Trinajstić information content (AvgIpc) is 2.29. The summed E-state index contributed by atoms with van der Waals surface area (Å²) in [5.74, 6) is 0. The number of hydrogen-bond acceptors (Lipinski definition) is 1. The van der Waals surface area contributed by atoms with Gasteiger partial charge in [-0.05, 0) is 24.1 Å². The topological polar surface area (TPSA) is 12.0 Å². The number of nitrogens with one attached hydrogen (secondary N) is 1. The minimum Gasteiger partial charge on any atom is -0.313 e. The van der Waals surface area contributed by atoms with Gasteiger partial charge >= 0.3 is 0 Å². The van der Waals surface area contributed by atoms with Gasteiger partial charge in [0.25, 0.3) is 0 Å². The molecule has 1 nitrogen and oxygen atoms in total. The van der Waals surface area contributed by atoms with E-state index in [1.54, 1.807) is 0 Å². The third-order valence-corrected chi connectivity index (χ3v) is 2.39. The number of hydrogen-bond donors (Lipinski definition) is 1. The largest absolute Gasteiger partial charge is 0.313 e. The Hall–Kier alpha value is -1.34. The first-order valence-electron chi connectivity index (χ1n) is 5.08. The highest BCUT2D eigenvalue weighted by molar-refractivity contribution is 5.52. The molecule has 0 spiro atoms. The lowest BCUT2D eigenvalue weighted by Gasteiger charge is -2.09. The zero-order valence-electron chi connectivity index (χ0n) is 8.24. The Kier molecular flexibility index (Phi) is 3.15. The van der Waals surface area contributed by atoms with E-state index in [9.17, 15) is 0 Å². The molecule has 1 aromatic rings. The first-order chi connectivity index (χ1) is 6.95. The van der Waals surface area contributed by atoms with E-state index in [-0.39, 0.29) is 0 Å². The quantitative estimate of drug-likeness (QED) is 0.746. The van der Waals surface area contributed by atoms with Crippen LogP contribution in [0.4, 0.5) is 0 Å². The molecule has 1 heterocycles. The lowest BCUT2D eigenvalue weighted by molar-refractivity contribution is 0.713. The monoisotopic (exact) mass is 185 g/mol. The number of rotatable bonds is 2. The maximum absolute atomic E-state index is 3.30. The fourth-order valence-corrected chi connectivity index (χ4v) is 1.56. The van der Waals surface area contributed by atoms with Crippen LogP contribution < -0.4 is 5.32 Å². The van der Waals surface area contributed by atoms with Gasteiger partial charge in [0.2, 0.25) is 0 Å². The summed E-state index contributed by atoms with van der Waals surface area (Å²) in [7, 11) is 0. The first kappa shape index (κ1) is 9.22. The molecule has 0 bridgehead atoms. The molecule has 0 saturated heterocycles. The summed E-state index contributed by atoms with van der Waals surface area (Å²) in [6, 6.07) is 10.4. The second-order valence-corrected chi connectivity index (χ2v) is 3.48. The Balaban J connectivity index is 2.03. The molecule has 2 rings (SSSR count). The van der Waals surface area contributed by atoms with Gasteiger partial charge in [-0.1, -0.05) is 48.6 Å². The molecular weight excluding hydrogens is 170 g/mol. The zero-order chi connectivity index (χ0) is 9.64. The molecule has 0 aromatic heterocycles. The Bertz CT molecular complexity index is 336. The summed E-state index contributed by atoms with van der Waals surface area (Å²) in [6.07, 6.45) is 7.79. The van der Waals surface area contributed by atoms with Crippen LogP contribution in [0, 0.1) is 0 Å². The maximum atomic E-state index is 3.30. The minimum absolute atomic E-state index is 1.01. The Morgan fingerprint density at radius 3 is 2.64 bits per heavy atom. The van der Waals surface area contributed by atoms with Gasteiger partial charge in [-0.25, -0.2) is 0 Å². The molecule has 0 amide bonds. The summed E-state index contributed by atoms with van der Waals surface area (Å²) in [6.45, 7) is 2.11. The smallest absolute Gasteiger partial charge is 0.0140 e. The van der Waals surface area contributed by atoms with Gasteiger partial charge in [0.15, 0.2) is 0 Å². The van der Waals surface area contributed by atoms with Crippen molar-refractivity contribution in [3.63, 3.8) is 0 Å². The number of allylic oxidation sites excluding steroid dienone is 1. The molecule has 1 aliphatic heterocycles. The summed E-state index contributed by atoms with van der Waals surface area (Å²) in [4.78, 5) is 0. The highest BCUT2D eigenvalue weighted by Crippen LogP contribution is 2.09. The molecule has 72 valence electrons. The first-order valence-corrected chi connectivity index (χ1v) is 5.08. The van der Waals surface area contributed by atoms with Gasteiger partial charge in [-0.3, -0.25) is 0 Å². The Morgan fingerprint density at radius 1 is 1.07 bits per heavy atom. The van der Waals surface area contributed by atoms with Crippen LogP contribution in [0.1, 0.15) is 12.0 Å². The highest BCUT2D eigenvalue weighted by atomic mass is 14.8. The fraction of sp³-hybridized carbons (Fsp3) is 0.231. The SMILES string of the molecule is C1=C(/C=C/c2ccccc2)CCNC1. The summed E-state index contributed by atoms with van der Waals surface area (Å²) in [5, 5.41) is 3.30. The van der Waals surface area contributed by atoms with Crippen molar-refractivity contribution in [1.29, 1.82) is 0 Å². The molecular formula is C13H15N. The summed E-state index contributed by atoms with van der Waals surface area (Å²) in [5.41, 5.74) is 2.71. The van der Waals surface area contributed by atoms with Gasteiger partial charge in [-0.2, -0.15) is 0 Å². The van der Waals surface area contributed by atoms with E-state index in [4.69, 9.17) is 0 Å². The lowest BCUT2D eigenvalue weighted by atomic mass is 10.1. The second-order valence-electron chi connectivity index (χ2n) is 3.48. The molecule has 0 radical (unpaired) electrons. The molecule has 1 N–H and O–H groups in total. The van der Waals surface area contributed by atoms with Crippen LogP contribution in [0.15, 0.2) is 48.1 Å². The molecule has 0 aliphatic carbocycles. The predicted molar refractivity (Wildman–Crippen MR) is 61.0 cm³/mol. The van der Waals surface area contributed by atoms with Gasteiger partial charge in [-0.15, -0.1) is 0 Å². The van der Waals surface area contributed by atoms with E-state index in [2.05, 4.69) is 47.8 Å². The van der Waals surface area contributed by atoms with E-state index in [1.165, 1.54) is 11.1 Å². The van der Waals surface area contributed by atoms with Crippen LogP contribution in [0.5, 0.6) is 0 Å². The van der Waals surface area contributed by atoms with E-state index in [0.29, 0.717) is 0 Å². The fourth-order valence-electron chi connectivity index (χ4n) is 1.56. The highest BCUT2D eigenvalue weighted by Gasteiger charge is 1.97. The third kappa shape index (κ3) is 2.57. The maximum Gasteiger partial charge on any atom is 0.0140 e. The van der Waals surface area contributed by atoms with Crippen molar-refractivity contribution in [1.82, 2.24) is 5.32 Å². The zero-order valence-corrected chi connectivity index (χ0v) is 8.24. The van der Waals surface area contributed by atoms with Gasteiger partial charge in [0.1, 0.15) is 0 Å². The normalized spacial score (nSPS) is 17.0. The van der Waals surface area contributed by atoms with Crippen LogP contribution in [-0.2, 0) is 0 Å². The van der Waals surface area contributed by atoms with Crippen molar-refractivity contribution in [2.45, 2.75) is 6.42 Å². The van der Waals surface area contributed by atoms with Gasteiger partial charge in [0, 0.05) is 6.54 Å². The predicted octanol–water partition coefficient (Wildman–Crippen LogP) is 2.62. The average molecular weight is 185 g/mol. The summed E-state index contributed by atoms with van der Waals surface area (Å²) >= 11 is 0. The number of benzene rings is 1. The lowest BCUT2D eigenvalue weighted by Crippen LogP contribution is -2.19. The van der Waals surface area contributed by atoms with Crippen molar-refractivity contribution in [3.8, 4) is 0 Å². The van der Waals surface area contributed by atoms with E-state index >= 15 is 0 Å². The van der Waals surface area contributed by atoms with Gasteiger partial charge in [0.05, 0.1) is 0 Å². The van der Waals surface area contributed by atoms with Crippen molar-refractivity contribution in [2.24, 2.45) is 0 Å². The molecule has 0 saturated carbocycles. The van der Waals surface area contributed by atoms with Gasteiger partial charge < -0.3 is 5.32 Å². The molecule has 0 unspecified atom stereocenters. The van der Waals surface area contributed by atoms with Crippen LogP contribution in [0.25, 0.3) is 6.08 Å². The third-order valence-electron chi connectivity index (χ3n) is 2.39. The van der Waals surface area contributed by atoms with Crippen LogP contribution in [-0.4, -0.2) is 13.1 Å². The van der Waals surface area contributed by atoms with E-state index in [0.717, 1.165) is 19.5 Å². The minimum atomic E-state index is 1.01. The van der Waals surface area contributed by atoms with E-state index in [1.807, 2.05) is 6.07 Å². The van der Waals surface area contributed by atoms with Crippen LogP contribution in [0.2, 0.25) is 0 Å². The Labute approximate surface area is 85.2 Å². The summed E-state index contributed by atoms with van der Waals surface area (Å²) < 4.78 is 0. The second kappa shape index (κ2) is 4.77. The standard InChI is InChI=1S/C13H15N/c1-2-4-12(5-3-1)6-7-13-8-10-14-11-9-13/h1-8,14H,9-11H2/b7-6+. The van der Waals surface area contributed by atoms with Crippen LogP contribution in [0.3, 0.4) is 0 Å².